The van der Waals surface area contributed by atoms with Crippen molar-refractivity contribution in [3.8, 4) is 0 Å². The van der Waals surface area contributed by atoms with Crippen LogP contribution in [-0.2, 0) is 4.79 Å². The first-order valence-electron chi connectivity index (χ1n) is 26.5. The normalized spacial score (nSPS) is 13.4. The minimum atomic E-state index is -1.07. The van der Waals surface area contributed by atoms with Crippen LogP contribution in [0.25, 0.3) is 0 Å². The summed E-state index contributed by atoms with van der Waals surface area (Å²) < 4.78 is 0. The van der Waals surface area contributed by atoms with Gasteiger partial charge in [-0.15, -0.1) is 0 Å². The van der Waals surface area contributed by atoms with E-state index in [2.05, 4.69) is 31.3 Å². The lowest BCUT2D eigenvalue weighted by Crippen LogP contribution is -2.49. The van der Waals surface area contributed by atoms with Crippen LogP contribution in [0.15, 0.2) is 12.2 Å². The smallest absolute Gasteiger partial charge is 0.249 e. The summed E-state index contributed by atoms with van der Waals surface area (Å²) in [6, 6.07) is -0.707. The third-order valence-corrected chi connectivity index (χ3v) is 12.6. The van der Waals surface area contributed by atoms with E-state index < -0.39 is 24.2 Å². The minimum Gasteiger partial charge on any atom is -0.394 e. The van der Waals surface area contributed by atoms with Crippen molar-refractivity contribution in [2.75, 3.05) is 6.61 Å². The molecule has 0 fully saturated rings. The number of amides is 1. The van der Waals surface area contributed by atoms with Crippen molar-refractivity contribution in [1.82, 2.24) is 5.32 Å². The van der Waals surface area contributed by atoms with Crippen molar-refractivity contribution >= 4 is 5.91 Å². The lowest BCUT2D eigenvalue weighted by atomic mass is 10.0. The summed E-state index contributed by atoms with van der Waals surface area (Å²) in [7, 11) is 0. The minimum absolute atomic E-state index is 0.310. The molecule has 0 aromatic carbocycles. The monoisotopic (exact) mass is 820 g/mol. The summed E-state index contributed by atoms with van der Waals surface area (Å²) in [5.74, 6) is -0.468. The molecule has 0 bridgehead atoms. The van der Waals surface area contributed by atoms with E-state index in [9.17, 15) is 20.1 Å². The molecular formula is C53H105NO4. The Balaban J connectivity index is 3.42. The van der Waals surface area contributed by atoms with Gasteiger partial charge in [0, 0.05) is 0 Å². The molecule has 346 valence electrons. The van der Waals surface area contributed by atoms with Crippen LogP contribution in [-0.4, -0.2) is 46.1 Å². The van der Waals surface area contributed by atoms with E-state index in [1.54, 1.807) is 0 Å². The summed E-state index contributed by atoms with van der Waals surface area (Å²) in [6.07, 6.45) is 59.8. The Hall–Kier alpha value is -0.910. The Kier molecular flexibility index (Phi) is 48.0. The Morgan fingerprint density at radius 1 is 0.397 bits per heavy atom. The number of rotatable bonds is 49. The predicted molar refractivity (Wildman–Crippen MR) is 255 cm³/mol. The number of unbranched alkanes of at least 4 members (excludes halogenated alkanes) is 39. The number of hydrogen-bond acceptors (Lipinski definition) is 4. The molecule has 0 heterocycles. The number of aliphatic hydroxyl groups is 3. The van der Waals surface area contributed by atoms with Gasteiger partial charge in [0.2, 0.25) is 5.91 Å². The van der Waals surface area contributed by atoms with Crippen LogP contribution in [0.3, 0.4) is 0 Å². The maximum absolute atomic E-state index is 12.5. The first-order chi connectivity index (χ1) is 28.6. The Morgan fingerprint density at radius 2 is 0.655 bits per heavy atom. The third kappa shape index (κ3) is 43.2. The lowest BCUT2D eigenvalue weighted by molar-refractivity contribution is -0.131. The zero-order chi connectivity index (χ0) is 42.3. The molecule has 0 aliphatic rings. The van der Waals surface area contributed by atoms with E-state index in [1.807, 2.05) is 0 Å². The molecule has 0 saturated carbocycles. The highest BCUT2D eigenvalue weighted by molar-refractivity contribution is 5.80. The molecule has 0 saturated heterocycles. The molecule has 0 aromatic rings. The molecule has 5 nitrogen and oxygen atoms in total. The lowest BCUT2D eigenvalue weighted by Gasteiger charge is -2.23. The van der Waals surface area contributed by atoms with Gasteiger partial charge in [-0.2, -0.15) is 0 Å². The summed E-state index contributed by atoms with van der Waals surface area (Å²) >= 11 is 0. The molecule has 0 aromatic heterocycles. The van der Waals surface area contributed by atoms with Crippen molar-refractivity contribution in [1.29, 1.82) is 0 Å². The SMILES string of the molecule is CCCCCCCCCCCCCCCC/C=C\CCCCCCCCCCCCCCCCCCC(O)C(=O)NC(CO)C(O)CCCCCCCCCCCC. The van der Waals surface area contributed by atoms with E-state index in [1.165, 1.54) is 238 Å². The molecular weight excluding hydrogens is 715 g/mol. The molecule has 58 heavy (non-hydrogen) atoms. The van der Waals surface area contributed by atoms with E-state index in [-0.39, 0.29) is 6.61 Å². The zero-order valence-electron chi connectivity index (χ0n) is 39.5. The van der Waals surface area contributed by atoms with E-state index in [0.717, 1.165) is 32.1 Å². The van der Waals surface area contributed by atoms with Crippen LogP contribution in [0, 0.1) is 0 Å². The largest absolute Gasteiger partial charge is 0.394 e. The predicted octanol–water partition coefficient (Wildman–Crippen LogP) is 15.9. The van der Waals surface area contributed by atoms with Crippen molar-refractivity contribution in [3.63, 3.8) is 0 Å². The fraction of sp³-hybridized carbons (Fsp3) is 0.943. The van der Waals surface area contributed by atoms with Gasteiger partial charge < -0.3 is 20.6 Å². The Morgan fingerprint density at radius 3 is 0.948 bits per heavy atom. The number of hydrogen-bond donors (Lipinski definition) is 4. The number of allylic oxidation sites excluding steroid dienone is 2. The second-order valence-electron chi connectivity index (χ2n) is 18.4. The van der Waals surface area contributed by atoms with E-state index in [4.69, 9.17) is 0 Å². The summed E-state index contributed by atoms with van der Waals surface area (Å²) in [4.78, 5) is 12.5. The first-order valence-corrected chi connectivity index (χ1v) is 26.5. The summed E-state index contributed by atoms with van der Waals surface area (Å²) in [5.41, 5.74) is 0. The van der Waals surface area contributed by atoms with Crippen LogP contribution in [0.1, 0.15) is 296 Å². The number of carbonyl (C=O) groups is 1. The molecule has 5 heteroatoms. The Labute approximate surface area is 363 Å². The number of nitrogens with one attached hydrogen (secondary N) is 1. The molecule has 3 unspecified atom stereocenters. The molecule has 0 aliphatic heterocycles. The van der Waals surface area contributed by atoms with Crippen molar-refractivity contribution in [2.24, 2.45) is 0 Å². The van der Waals surface area contributed by atoms with Crippen LogP contribution in [0.5, 0.6) is 0 Å². The fourth-order valence-electron chi connectivity index (χ4n) is 8.48. The van der Waals surface area contributed by atoms with Crippen molar-refractivity contribution in [2.45, 2.75) is 315 Å². The molecule has 0 spiro atoms. The maximum atomic E-state index is 12.5. The van der Waals surface area contributed by atoms with Gasteiger partial charge >= 0.3 is 0 Å². The van der Waals surface area contributed by atoms with Gasteiger partial charge in [0.1, 0.15) is 6.10 Å². The van der Waals surface area contributed by atoms with Gasteiger partial charge in [0.05, 0.1) is 18.8 Å². The second kappa shape index (κ2) is 48.8. The zero-order valence-corrected chi connectivity index (χ0v) is 39.5. The molecule has 0 radical (unpaired) electrons. The second-order valence-corrected chi connectivity index (χ2v) is 18.4. The highest BCUT2D eigenvalue weighted by Crippen LogP contribution is 2.17. The van der Waals surface area contributed by atoms with Crippen LogP contribution < -0.4 is 5.32 Å². The van der Waals surface area contributed by atoms with E-state index >= 15 is 0 Å². The third-order valence-electron chi connectivity index (χ3n) is 12.6. The highest BCUT2D eigenvalue weighted by Gasteiger charge is 2.23. The Bertz CT molecular complexity index is 818. The van der Waals surface area contributed by atoms with Gasteiger partial charge in [-0.25, -0.2) is 0 Å². The standard InChI is InChI=1S/C53H105NO4/c1-3-5-7-9-11-13-15-16-17-18-19-20-21-22-23-24-25-26-27-28-29-30-31-32-33-34-35-36-37-38-40-42-44-46-48-52(57)53(58)54-50(49-55)51(56)47-45-43-41-39-14-12-10-8-6-4-2/h24-25,50-52,55-57H,3-23,26-49H2,1-2H3,(H,54,58)/b25-24-. The molecule has 3 atom stereocenters. The van der Waals surface area contributed by atoms with Gasteiger partial charge in [-0.05, 0) is 38.5 Å². The van der Waals surface area contributed by atoms with Crippen molar-refractivity contribution in [3.05, 3.63) is 12.2 Å². The quantitative estimate of drug-likeness (QED) is 0.0364. The van der Waals surface area contributed by atoms with Gasteiger partial charge in [-0.1, -0.05) is 270 Å². The van der Waals surface area contributed by atoms with Crippen molar-refractivity contribution < 1.29 is 20.1 Å². The van der Waals surface area contributed by atoms with Crippen LogP contribution >= 0.6 is 0 Å². The molecule has 1 amide bonds. The van der Waals surface area contributed by atoms with Crippen LogP contribution in [0.2, 0.25) is 0 Å². The average Bonchev–Trinajstić information content (AvgIpc) is 3.23. The molecule has 0 aliphatic carbocycles. The first kappa shape index (κ1) is 57.1. The highest BCUT2D eigenvalue weighted by atomic mass is 16.3. The van der Waals surface area contributed by atoms with Gasteiger partial charge in [0.15, 0.2) is 0 Å². The van der Waals surface area contributed by atoms with Gasteiger partial charge in [0.25, 0.3) is 0 Å². The summed E-state index contributed by atoms with van der Waals surface area (Å²) in [6.45, 7) is 4.23. The summed E-state index contributed by atoms with van der Waals surface area (Å²) in [5, 5.41) is 33.3. The number of carbonyl (C=O) groups excluding carboxylic acids is 1. The van der Waals surface area contributed by atoms with Crippen LogP contribution in [0.4, 0.5) is 0 Å². The van der Waals surface area contributed by atoms with Gasteiger partial charge in [-0.3, -0.25) is 4.79 Å². The van der Waals surface area contributed by atoms with E-state index in [0.29, 0.717) is 12.8 Å². The maximum Gasteiger partial charge on any atom is 0.249 e. The molecule has 4 N–H and O–H groups in total. The fourth-order valence-corrected chi connectivity index (χ4v) is 8.48. The molecule has 0 rings (SSSR count). The topological polar surface area (TPSA) is 89.8 Å². The number of aliphatic hydroxyl groups excluding tert-OH is 3. The average molecular weight is 820 g/mol.